The van der Waals surface area contributed by atoms with Crippen LogP contribution >= 0.6 is 6.04 Å². The zero-order valence-electron chi connectivity index (χ0n) is 11.7. The average Bonchev–Trinajstić information content (AvgIpc) is 2.87. The molecule has 0 fully saturated rings. The van der Waals surface area contributed by atoms with Crippen LogP contribution < -0.4 is 4.52 Å². The molecule has 21 heavy (non-hydrogen) atoms. The number of hydrogen-bond acceptors (Lipinski definition) is 3. The molecule has 0 amide bonds. The van der Waals surface area contributed by atoms with E-state index in [1.807, 2.05) is 50.5 Å². The molecule has 1 aromatic heterocycles. The molecule has 1 aliphatic heterocycles. The summed E-state index contributed by atoms with van der Waals surface area (Å²) >= 11 is 3.30. The van der Waals surface area contributed by atoms with Gasteiger partial charge in [0.1, 0.15) is 0 Å². The van der Waals surface area contributed by atoms with E-state index in [1.165, 1.54) is 0 Å². The Labute approximate surface area is 130 Å². The van der Waals surface area contributed by atoms with Gasteiger partial charge in [-0.05, 0) is 0 Å². The molecular formula is C15H14N3OPSe. The summed E-state index contributed by atoms with van der Waals surface area (Å²) in [6, 6.07) is 14.2. The van der Waals surface area contributed by atoms with E-state index in [4.69, 9.17) is 9.51 Å². The maximum atomic E-state index is 6.38. The van der Waals surface area contributed by atoms with Crippen molar-refractivity contribution in [1.82, 2.24) is 14.0 Å². The molecule has 2 heterocycles. The number of rotatable bonds is 1. The maximum absolute atomic E-state index is 6.38. The van der Waals surface area contributed by atoms with E-state index in [-0.39, 0.29) is 0 Å². The van der Waals surface area contributed by atoms with Crippen molar-refractivity contribution >= 4 is 32.2 Å². The second-order valence-corrected chi connectivity index (χ2v) is 10.5. The van der Waals surface area contributed by atoms with Gasteiger partial charge in [0.25, 0.3) is 0 Å². The molecule has 0 N–H and O–H groups in total. The van der Waals surface area contributed by atoms with Crippen LogP contribution in [0.15, 0.2) is 48.5 Å². The van der Waals surface area contributed by atoms with Gasteiger partial charge in [-0.15, -0.1) is 0 Å². The van der Waals surface area contributed by atoms with Crippen molar-refractivity contribution in [3.63, 3.8) is 0 Å². The van der Waals surface area contributed by atoms with Crippen LogP contribution in [0.4, 0.5) is 0 Å². The zero-order chi connectivity index (χ0) is 14.6. The van der Waals surface area contributed by atoms with Gasteiger partial charge in [-0.25, -0.2) is 0 Å². The van der Waals surface area contributed by atoms with E-state index < -0.39 is 6.04 Å². The standard InChI is InChI=1S/C15H14N3OPSe/c1-17(2)20(21)18-13-9-5-4-8-12(13)16-15(18)11-7-3-6-10-14(11)19-20/h3-10H,1-2H3. The third-order valence-electron chi connectivity index (χ3n) is 3.64. The molecule has 6 heteroatoms. The summed E-state index contributed by atoms with van der Waals surface area (Å²) in [5.41, 5.74) is 3.14. The number of benzene rings is 2. The Bertz CT molecular complexity index is 903. The van der Waals surface area contributed by atoms with E-state index in [2.05, 4.69) is 36.2 Å². The van der Waals surface area contributed by atoms with Gasteiger partial charge in [-0.1, -0.05) is 0 Å². The molecule has 0 saturated carbocycles. The molecule has 3 aromatic rings. The Morgan fingerprint density at radius 2 is 1.81 bits per heavy atom. The van der Waals surface area contributed by atoms with Crippen LogP contribution in [0.3, 0.4) is 0 Å². The quantitative estimate of drug-likeness (QED) is 0.491. The normalized spacial score (nSPS) is 20.1. The summed E-state index contributed by atoms with van der Waals surface area (Å²) in [7, 11) is 4.08. The predicted molar refractivity (Wildman–Crippen MR) is 87.6 cm³/mol. The van der Waals surface area contributed by atoms with E-state index >= 15 is 0 Å². The molecule has 1 aliphatic rings. The Hall–Kier alpha value is -1.38. The van der Waals surface area contributed by atoms with Crippen LogP contribution in [0, 0.1) is 0 Å². The van der Waals surface area contributed by atoms with Crippen molar-refractivity contribution < 1.29 is 4.52 Å². The molecule has 1 atom stereocenters. The SMILES string of the molecule is CN(C)P1(=[Se])Oc2ccccc2-c2nc3ccccc3n21. The first-order chi connectivity index (χ1) is 10.1. The first-order valence-electron chi connectivity index (χ1n) is 6.66. The molecule has 1 unspecified atom stereocenters. The van der Waals surface area contributed by atoms with Crippen molar-refractivity contribution in [2.45, 2.75) is 0 Å². The molecular weight excluding hydrogens is 348 g/mol. The molecule has 4 rings (SSSR count). The molecule has 0 radical (unpaired) electrons. The summed E-state index contributed by atoms with van der Waals surface area (Å²) in [5, 5.41) is 0. The summed E-state index contributed by atoms with van der Waals surface area (Å²) in [6.45, 7) is 0. The topological polar surface area (TPSA) is 30.3 Å². The van der Waals surface area contributed by atoms with Crippen LogP contribution in [-0.4, -0.2) is 43.2 Å². The summed E-state index contributed by atoms with van der Waals surface area (Å²) < 4.78 is 10.7. The molecule has 2 aromatic carbocycles. The molecule has 0 aliphatic carbocycles. The van der Waals surface area contributed by atoms with E-state index in [0.717, 1.165) is 28.2 Å². The van der Waals surface area contributed by atoms with E-state index in [0.29, 0.717) is 0 Å². The number of aromatic nitrogens is 2. The minimum absolute atomic E-state index is 0.890. The van der Waals surface area contributed by atoms with Gasteiger partial charge in [-0.2, -0.15) is 0 Å². The number of nitrogens with zero attached hydrogens (tertiary/aromatic N) is 3. The summed E-state index contributed by atoms with van der Waals surface area (Å²) in [4.78, 5) is 4.84. The third-order valence-corrected chi connectivity index (χ3v) is 9.55. The number of para-hydroxylation sites is 3. The number of imidazole rings is 1. The number of hydrogen-bond donors (Lipinski definition) is 0. The van der Waals surface area contributed by atoms with Crippen molar-refractivity contribution in [3.8, 4) is 17.1 Å². The van der Waals surface area contributed by atoms with Crippen LogP contribution in [0.1, 0.15) is 0 Å². The van der Waals surface area contributed by atoms with Crippen LogP contribution in [0.25, 0.3) is 22.4 Å². The van der Waals surface area contributed by atoms with Gasteiger partial charge in [0, 0.05) is 0 Å². The fourth-order valence-electron chi connectivity index (χ4n) is 2.60. The van der Waals surface area contributed by atoms with E-state index in [1.54, 1.807) is 0 Å². The van der Waals surface area contributed by atoms with Gasteiger partial charge < -0.3 is 0 Å². The van der Waals surface area contributed by atoms with Crippen molar-refractivity contribution in [1.29, 1.82) is 0 Å². The van der Waals surface area contributed by atoms with Gasteiger partial charge in [-0.3, -0.25) is 0 Å². The van der Waals surface area contributed by atoms with Gasteiger partial charge in [0.2, 0.25) is 0 Å². The Kier molecular flexibility index (Phi) is 2.88. The minimum atomic E-state index is -2.09. The third kappa shape index (κ3) is 1.79. The van der Waals surface area contributed by atoms with Crippen LogP contribution in [0.2, 0.25) is 0 Å². The van der Waals surface area contributed by atoms with Crippen molar-refractivity contribution in [2.24, 2.45) is 0 Å². The van der Waals surface area contributed by atoms with Gasteiger partial charge >= 0.3 is 130 Å². The molecule has 0 bridgehead atoms. The van der Waals surface area contributed by atoms with Crippen LogP contribution in [0.5, 0.6) is 5.75 Å². The first kappa shape index (κ1) is 13.3. The predicted octanol–water partition coefficient (Wildman–Crippen LogP) is 3.35. The summed E-state index contributed by atoms with van der Waals surface area (Å²) in [5.74, 6) is 1.86. The Morgan fingerprint density at radius 3 is 2.62 bits per heavy atom. The van der Waals surface area contributed by atoms with Crippen molar-refractivity contribution in [2.75, 3.05) is 14.1 Å². The molecule has 0 spiro atoms. The second kappa shape index (κ2) is 4.56. The fourth-order valence-corrected chi connectivity index (χ4v) is 6.00. The zero-order valence-corrected chi connectivity index (χ0v) is 14.3. The fraction of sp³-hybridized carbons (Fsp3) is 0.133. The van der Waals surface area contributed by atoms with Crippen LogP contribution in [-0.2, 0) is 0 Å². The van der Waals surface area contributed by atoms with Gasteiger partial charge in [0.05, 0.1) is 0 Å². The average molecular weight is 362 g/mol. The molecule has 106 valence electrons. The number of fused-ring (bicyclic) bond motifs is 5. The second-order valence-electron chi connectivity index (χ2n) is 5.16. The van der Waals surface area contributed by atoms with E-state index in [9.17, 15) is 0 Å². The van der Waals surface area contributed by atoms with Crippen molar-refractivity contribution in [3.05, 3.63) is 48.5 Å². The molecule has 0 saturated heterocycles. The first-order valence-corrected chi connectivity index (χ1v) is 10.5. The molecule has 4 nitrogen and oxygen atoms in total. The van der Waals surface area contributed by atoms with Gasteiger partial charge in [0.15, 0.2) is 0 Å². The Morgan fingerprint density at radius 1 is 1.10 bits per heavy atom. The summed E-state index contributed by atoms with van der Waals surface area (Å²) in [6.07, 6.45) is 0. The monoisotopic (exact) mass is 363 g/mol. The Balaban J connectivity index is 2.16.